The van der Waals surface area contributed by atoms with E-state index in [1.807, 2.05) is 24.3 Å². The van der Waals surface area contributed by atoms with Crippen LogP contribution in [0, 0.1) is 10.1 Å². The van der Waals surface area contributed by atoms with Gasteiger partial charge in [0.15, 0.2) is 0 Å². The lowest BCUT2D eigenvalue weighted by molar-refractivity contribution is -0.422. The summed E-state index contributed by atoms with van der Waals surface area (Å²) in [6, 6.07) is 14.6. The molecule has 0 saturated heterocycles. The predicted molar refractivity (Wildman–Crippen MR) is 82.9 cm³/mol. The number of nitrogens with zero attached hydrogens (tertiary/aromatic N) is 1. The molecule has 2 aromatic carbocycles. The van der Waals surface area contributed by atoms with Gasteiger partial charge >= 0.3 is 0 Å². The molecule has 0 saturated carbocycles. The van der Waals surface area contributed by atoms with Gasteiger partial charge in [-0.2, -0.15) is 0 Å². The summed E-state index contributed by atoms with van der Waals surface area (Å²) >= 11 is 5.82. The van der Waals surface area contributed by atoms with Crippen molar-refractivity contribution in [2.45, 2.75) is 13.5 Å². The zero-order chi connectivity index (χ0) is 15.2. The van der Waals surface area contributed by atoms with Crippen molar-refractivity contribution in [2.75, 3.05) is 0 Å². The van der Waals surface area contributed by atoms with E-state index in [-0.39, 0.29) is 5.70 Å². The van der Waals surface area contributed by atoms with Crippen LogP contribution in [0.1, 0.15) is 18.1 Å². The number of ether oxygens (including phenoxy) is 1. The Bertz CT molecular complexity index is 648. The molecular weight excluding hydrogens is 290 g/mol. The van der Waals surface area contributed by atoms with Gasteiger partial charge in [0, 0.05) is 18.0 Å². The molecule has 0 aromatic heterocycles. The van der Waals surface area contributed by atoms with Crippen LogP contribution in [0.4, 0.5) is 0 Å². The van der Waals surface area contributed by atoms with Crippen LogP contribution in [0.5, 0.6) is 5.75 Å². The number of benzene rings is 2. The Morgan fingerprint density at radius 1 is 1.19 bits per heavy atom. The summed E-state index contributed by atoms with van der Waals surface area (Å²) in [7, 11) is 0. The van der Waals surface area contributed by atoms with Gasteiger partial charge in [-0.25, -0.2) is 0 Å². The topological polar surface area (TPSA) is 52.4 Å². The Morgan fingerprint density at radius 2 is 1.81 bits per heavy atom. The van der Waals surface area contributed by atoms with Crippen LogP contribution in [0.15, 0.2) is 54.2 Å². The first-order valence-corrected chi connectivity index (χ1v) is 6.72. The van der Waals surface area contributed by atoms with Crippen LogP contribution < -0.4 is 4.74 Å². The molecule has 0 atom stereocenters. The first-order chi connectivity index (χ1) is 10.0. The van der Waals surface area contributed by atoms with Crippen molar-refractivity contribution >= 4 is 17.7 Å². The second kappa shape index (κ2) is 6.90. The molecule has 108 valence electrons. The summed E-state index contributed by atoms with van der Waals surface area (Å²) in [5.74, 6) is 0.709. The molecule has 0 aliphatic carbocycles. The lowest BCUT2D eigenvalue weighted by atomic mass is 10.2. The lowest BCUT2D eigenvalue weighted by Crippen LogP contribution is -1.95. The smallest absolute Gasteiger partial charge is 0.243 e. The SMILES string of the molecule is CC(=Cc1ccc(OCc2ccc(Cl)cc2)cc1)[N+](=O)[O-]. The highest BCUT2D eigenvalue weighted by molar-refractivity contribution is 6.30. The summed E-state index contributed by atoms with van der Waals surface area (Å²) in [6.45, 7) is 1.91. The van der Waals surface area contributed by atoms with Gasteiger partial charge in [0.25, 0.3) is 0 Å². The minimum absolute atomic E-state index is 0.102. The van der Waals surface area contributed by atoms with E-state index in [0.29, 0.717) is 17.4 Å². The summed E-state index contributed by atoms with van der Waals surface area (Å²) in [5.41, 5.74) is 1.89. The monoisotopic (exact) mass is 303 g/mol. The molecular formula is C16H14ClNO3. The second-order valence-corrected chi connectivity index (χ2v) is 4.96. The molecule has 0 radical (unpaired) electrons. The molecule has 0 unspecified atom stereocenters. The van der Waals surface area contributed by atoms with Gasteiger partial charge in [-0.1, -0.05) is 35.9 Å². The minimum Gasteiger partial charge on any atom is -0.489 e. The van der Waals surface area contributed by atoms with Gasteiger partial charge in [-0.15, -0.1) is 0 Å². The predicted octanol–water partition coefficient (Wildman–Crippen LogP) is 4.56. The first-order valence-electron chi connectivity index (χ1n) is 6.34. The highest BCUT2D eigenvalue weighted by atomic mass is 35.5. The van der Waals surface area contributed by atoms with Gasteiger partial charge in [0.2, 0.25) is 5.70 Å². The zero-order valence-corrected chi connectivity index (χ0v) is 12.2. The van der Waals surface area contributed by atoms with Crippen molar-refractivity contribution < 1.29 is 9.66 Å². The van der Waals surface area contributed by atoms with E-state index in [9.17, 15) is 10.1 Å². The largest absolute Gasteiger partial charge is 0.489 e. The average molecular weight is 304 g/mol. The number of halogens is 1. The molecule has 0 aliphatic rings. The summed E-state index contributed by atoms with van der Waals surface area (Å²) in [4.78, 5) is 10.1. The van der Waals surface area contributed by atoms with Crippen LogP contribution in [0.3, 0.4) is 0 Å². The average Bonchev–Trinajstić information content (AvgIpc) is 2.48. The van der Waals surface area contributed by atoms with Crippen LogP contribution in [0.25, 0.3) is 6.08 Å². The van der Waals surface area contributed by atoms with Gasteiger partial charge in [-0.05, 0) is 35.4 Å². The quantitative estimate of drug-likeness (QED) is 0.601. The molecule has 21 heavy (non-hydrogen) atoms. The number of allylic oxidation sites excluding steroid dienone is 1. The van der Waals surface area contributed by atoms with Crippen molar-refractivity contribution in [3.63, 3.8) is 0 Å². The Hall–Kier alpha value is -2.33. The molecule has 4 nitrogen and oxygen atoms in total. The molecule has 0 aliphatic heterocycles. The minimum atomic E-state index is -0.412. The van der Waals surface area contributed by atoms with E-state index < -0.39 is 4.92 Å². The zero-order valence-electron chi connectivity index (χ0n) is 11.5. The van der Waals surface area contributed by atoms with E-state index in [4.69, 9.17) is 16.3 Å². The third-order valence-corrected chi connectivity index (χ3v) is 3.11. The lowest BCUT2D eigenvalue weighted by Gasteiger charge is -2.06. The normalized spacial score (nSPS) is 11.2. The molecule has 2 rings (SSSR count). The molecule has 0 fully saturated rings. The van der Waals surface area contributed by atoms with Crippen molar-refractivity contribution in [1.82, 2.24) is 0 Å². The molecule has 5 heteroatoms. The summed E-state index contributed by atoms with van der Waals surface area (Å²) < 4.78 is 5.64. The van der Waals surface area contributed by atoms with E-state index in [1.165, 1.54) is 13.0 Å². The van der Waals surface area contributed by atoms with Crippen LogP contribution >= 0.6 is 11.6 Å². The molecule has 0 heterocycles. The Balaban J connectivity index is 1.98. The maximum atomic E-state index is 10.6. The highest BCUT2D eigenvalue weighted by Crippen LogP contribution is 2.17. The number of hydrogen-bond donors (Lipinski definition) is 0. The van der Waals surface area contributed by atoms with Crippen molar-refractivity contribution in [2.24, 2.45) is 0 Å². The number of hydrogen-bond acceptors (Lipinski definition) is 3. The molecule has 0 amide bonds. The van der Waals surface area contributed by atoms with Crippen molar-refractivity contribution in [3.05, 3.63) is 80.5 Å². The Labute approximate surface area is 127 Å². The fraction of sp³-hybridized carbons (Fsp3) is 0.125. The van der Waals surface area contributed by atoms with Gasteiger partial charge in [-0.3, -0.25) is 10.1 Å². The highest BCUT2D eigenvalue weighted by Gasteiger charge is 2.02. The van der Waals surface area contributed by atoms with E-state index >= 15 is 0 Å². The number of nitro groups is 1. The summed E-state index contributed by atoms with van der Waals surface area (Å²) in [6.07, 6.45) is 1.52. The fourth-order valence-electron chi connectivity index (χ4n) is 1.70. The van der Waals surface area contributed by atoms with Crippen molar-refractivity contribution in [3.8, 4) is 5.75 Å². The van der Waals surface area contributed by atoms with Crippen LogP contribution in [-0.4, -0.2) is 4.92 Å². The third kappa shape index (κ3) is 4.61. The van der Waals surface area contributed by atoms with E-state index in [2.05, 4.69) is 0 Å². The Morgan fingerprint density at radius 3 is 2.38 bits per heavy atom. The molecule has 2 aromatic rings. The standard InChI is InChI=1S/C16H14ClNO3/c1-12(18(19)20)10-13-4-8-16(9-5-13)21-11-14-2-6-15(17)7-3-14/h2-10H,11H2,1H3. The second-order valence-electron chi connectivity index (χ2n) is 4.53. The molecule has 0 bridgehead atoms. The van der Waals surface area contributed by atoms with Gasteiger partial charge in [0.1, 0.15) is 12.4 Å². The Kier molecular flexibility index (Phi) is 4.95. The summed E-state index contributed by atoms with van der Waals surface area (Å²) in [5, 5.41) is 11.2. The van der Waals surface area contributed by atoms with Gasteiger partial charge in [0.05, 0.1) is 4.92 Å². The number of rotatable bonds is 5. The first kappa shape index (κ1) is 15.1. The van der Waals surface area contributed by atoms with Crippen LogP contribution in [-0.2, 0) is 6.61 Å². The molecule has 0 spiro atoms. The third-order valence-electron chi connectivity index (χ3n) is 2.86. The van der Waals surface area contributed by atoms with E-state index in [1.54, 1.807) is 24.3 Å². The maximum Gasteiger partial charge on any atom is 0.243 e. The molecule has 0 N–H and O–H groups in total. The van der Waals surface area contributed by atoms with Gasteiger partial charge < -0.3 is 4.74 Å². The van der Waals surface area contributed by atoms with Crippen molar-refractivity contribution in [1.29, 1.82) is 0 Å². The van der Waals surface area contributed by atoms with E-state index in [0.717, 1.165) is 11.1 Å². The van der Waals surface area contributed by atoms with Crippen LogP contribution in [0.2, 0.25) is 5.02 Å². The maximum absolute atomic E-state index is 10.6. The fourth-order valence-corrected chi connectivity index (χ4v) is 1.83.